The summed E-state index contributed by atoms with van der Waals surface area (Å²) in [5.74, 6) is -8.32. The highest BCUT2D eigenvalue weighted by Gasteiger charge is 2.34. The molecule has 1 aromatic rings. The van der Waals surface area contributed by atoms with E-state index in [2.05, 4.69) is 5.32 Å². The number of amides is 1. The fourth-order valence-electron chi connectivity index (χ4n) is 2.22. The van der Waals surface area contributed by atoms with Gasteiger partial charge in [0.25, 0.3) is 0 Å². The summed E-state index contributed by atoms with van der Waals surface area (Å²) in [7, 11) is -4.04. The van der Waals surface area contributed by atoms with E-state index in [1.54, 1.807) is 0 Å². The standard InChI is InChI=1S/C13H15F4N3O3S.ClH/c1-19(7-10(21)20-4-2-18-3-5-20)24(22,23)13-11(16)8(14)6-9(15)12(13)17;/h6,18H,2-5,7H2,1H3;1H. The minimum atomic E-state index is -4.94. The molecule has 1 aliphatic rings. The first-order valence-electron chi connectivity index (χ1n) is 6.94. The zero-order valence-electron chi connectivity index (χ0n) is 13.1. The predicted octanol–water partition coefficient (Wildman–Crippen LogP) is 0.717. The maximum absolute atomic E-state index is 13.7. The van der Waals surface area contributed by atoms with Gasteiger partial charge in [0.05, 0.1) is 6.54 Å². The number of benzene rings is 1. The van der Waals surface area contributed by atoms with E-state index in [0.29, 0.717) is 30.5 Å². The second kappa shape index (κ2) is 8.30. The number of hydrogen-bond acceptors (Lipinski definition) is 4. The van der Waals surface area contributed by atoms with E-state index in [4.69, 9.17) is 0 Å². The molecule has 1 aliphatic heterocycles. The van der Waals surface area contributed by atoms with Crippen LogP contribution in [0.1, 0.15) is 0 Å². The van der Waals surface area contributed by atoms with E-state index in [1.807, 2.05) is 0 Å². The van der Waals surface area contributed by atoms with Gasteiger partial charge in [0.1, 0.15) is 0 Å². The Morgan fingerprint density at radius 3 is 2.12 bits per heavy atom. The van der Waals surface area contributed by atoms with Crippen LogP contribution < -0.4 is 5.32 Å². The van der Waals surface area contributed by atoms with E-state index in [9.17, 15) is 30.8 Å². The Bertz CT molecular complexity index is 731. The number of piperazine rings is 1. The lowest BCUT2D eigenvalue weighted by atomic mass is 10.3. The van der Waals surface area contributed by atoms with Crippen molar-refractivity contribution in [1.82, 2.24) is 14.5 Å². The summed E-state index contributed by atoms with van der Waals surface area (Å²) in [5.41, 5.74) is 0. The fraction of sp³-hybridized carbons (Fsp3) is 0.462. The van der Waals surface area contributed by atoms with Crippen LogP contribution >= 0.6 is 12.4 Å². The number of nitrogens with zero attached hydrogens (tertiary/aromatic N) is 2. The Morgan fingerprint density at radius 2 is 1.64 bits per heavy atom. The van der Waals surface area contributed by atoms with Crippen molar-refractivity contribution in [3.8, 4) is 0 Å². The molecule has 1 saturated heterocycles. The number of carbonyl (C=O) groups is 1. The van der Waals surface area contributed by atoms with Crippen molar-refractivity contribution in [3.63, 3.8) is 0 Å². The molecule has 6 nitrogen and oxygen atoms in total. The third-order valence-electron chi connectivity index (χ3n) is 3.57. The number of hydrogen-bond donors (Lipinski definition) is 1. The van der Waals surface area contributed by atoms with Crippen molar-refractivity contribution in [3.05, 3.63) is 29.3 Å². The Morgan fingerprint density at radius 1 is 1.16 bits per heavy atom. The molecule has 0 radical (unpaired) electrons. The number of halogens is 5. The molecule has 142 valence electrons. The fourth-order valence-corrected chi connectivity index (χ4v) is 3.46. The molecule has 0 spiro atoms. The average Bonchev–Trinajstić information content (AvgIpc) is 2.53. The summed E-state index contributed by atoms with van der Waals surface area (Å²) >= 11 is 0. The topological polar surface area (TPSA) is 69.7 Å². The van der Waals surface area contributed by atoms with Gasteiger partial charge in [-0.1, -0.05) is 0 Å². The molecule has 1 N–H and O–H groups in total. The molecule has 0 bridgehead atoms. The first-order valence-corrected chi connectivity index (χ1v) is 8.38. The highest BCUT2D eigenvalue weighted by atomic mass is 35.5. The second-order valence-corrected chi connectivity index (χ2v) is 7.17. The van der Waals surface area contributed by atoms with Gasteiger partial charge in [-0.15, -0.1) is 12.4 Å². The summed E-state index contributed by atoms with van der Waals surface area (Å²) in [4.78, 5) is 11.7. The van der Waals surface area contributed by atoms with Crippen LogP contribution in [0.25, 0.3) is 0 Å². The highest BCUT2D eigenvalue weighted by Crippen LogP contribution is 2.26. The number of nitrogens with one attached hydrogen (secondary N) is 1. The maximum Gasteiger partial charge on any atom is 0.249 e. The first kappa shape index (κ1) is 21.6. The highest BCUT2D eigenvalue weighted by molar-refractivity contribution is 7.89. The van der Waals surface area contributed by atoms with E-state index < -0.39 is 50.6 Å². The number of likely N-dealkylation sites (N-methyl/N-ethyl adjacent to an activating group) is 1. The van der Waals surface area contributed by atoms with Gasteiger partial charge in [-0.05, 0) is 0 Å². The zero-order valence-corrected chi connectivity index (χ0v) is 14.7. The predicted molar refractivity (Wildman–Crippen MR) is 82.8 cm³/mol. The monoisotopic (exact) mass is 405 g/mol. The van der Waals surface area contributed by atoms with Crippen LogP contribution in [0.4, 0.5) is 17.6 Å². The minimum Gasteiger partial charge on any atom is -0.339 e. The molecule has 0 aliphatic carbocycles. The smallest absolute Gasteiger partial charge is 0.249 e. The van der Waals surface area contributed by atoms with Crippen molar-refractivity contribution >= 4 is 28.3 Å². The summed E-state index contributed by atoms with van der Waals surface area (Å²) in [6.45, 7) is 1.05. The lowest BCUT2D eigenvalue weighted by Gasteiger charge is -2.29. The lowest BCUT2D eigenvalue weighted by molar-refractivity contribution is -0.131. The lowest BCUT2D eigenvalue weighted by Crippen LogP contribution is -2.49. The van der Waals surface area contributed by atoms with Gasteiger partial charge in [0, 0.05) is 39.3 Å². The van der Waals surface area contributed by atoms with Crippen LogP contribution in [-0.2, 0) is 14.8 Å². The molecule has 1 aromatic carbocycles. The van der Waals surface area contributed by atoms with E-state index in [0.717, 1.165) is 7.05 Å². The molecular weight excluding hydrogens is 390 g/mol. The summed E-state index contributed by atoms with van der Waals surface area (Å²) in [6, 6.07) is -0.0877. The Kier molecular flexibility index (Phi) is 7.18. The number of sulfonamides is 1. The summed E-state index contributed by atoms with van der Waals surface area (Å²) in [6.07, 6.45) is 0. The Balaban J connectivity index is 0.00000312. The van der Waals surface area contributed by atoms with Gasteiger partial charge in [-0.3, -0.25) is 4.79 Å². The SMILES string of the molecule is CN(CC(=O)N1CCNCC1)S(=O)(=O)c1c(F)c(F)cc(F)c1F.Cl. The summed E-state index contributed by atoms with van der Waals surface area (Å²) in [5, 5.41) is 3.00. The molecular formula is C13H16ClF4N3O3S. The molecule has 1 amide bonds. The van der Waals surface area contributed by atoms with Crippen molar-refractivity contribution in [2.75, 3.05) is 39.8 Å². The molecule has 1 fully saturated rings. The molecule has 12 heteroatoms. The van der Waals surface area contributed by atoms with Crippen LogP contribution in [0.2, 0.25) is 0 Å². The van der Waals surface area contributed by atoms with Gasteiger partial charge in [0.15, 0.2) is 28.2 Å². The van der Waals surface area contributed by atoms with Crippen LogP contribution in [0.15, 0.2) is 11.0 Å². The van der Waals surface area contributed by atoms with Gasteiger partial charge < -0.3 is 10.2 Å². The minimum absolute atomic E-state index is 0. The zero-order chi connectivity index (χ0) is 18.1. The van der Waals surface area contributed by atoms with Gasteiger partial charge >= 0.3 is 0 Å². The number of carbonyl (C=O) groups excluding carboxylic acids is 1. The van der Waals surface area contributed by atoms with Gasteiger partial charge in [-0.25, -0.2) is 26.0 Å². The van der Waals surface area contributed by atoms with Gasteiger partial charge in [-0.2, -0.15) is 4.31 Å². The quantitative estimate of drug-likeness (QED) is 0.592. The Labute approximate surface area is 148 Å². The van der Waals surface area contributed by atoms with E-state index >= 15 is 0 Å². The average molecular weight is 406 g/mol. The molecule has 25 heavy (non-hydrogen) atoms. The first-order chi connectivity index (χ1) is 11.2. The molecule has 0 atom stereocenters. The van der Waals surface area contributed by atoms with Crippen LogP contribution in [0, 0.1) is 23.3 Å². The number of rotatable bonds is 4. The summed E-state index contributed by atoms with van der Waals surface area (Å²) < 4.78 is 78.7. The van der Waals surface area contributed by atoms with Crippen LogP contribution in [-0.4, -0.2) is 63.3 Å². The second-order valence-electron chi connectivity index (χ2n) is 5.19. The molecule has 0 unspecified atom stereocenters. The maximum atomic E-state index is 13.7. The Hall–Kier alpha value is -1.43. The van der Waals surface area contributed by atoms with E-state index in [1.165, 1.54) is 4.90 Å². The van der Waals surface area contributed by atoms with Crippen molar-refractivity contribution in [1.29, 1.82) is 0 Å². The van der Waals surface area contributed by atoms with Crippen molar-refractivity contribution in [2.45, 2.75) is 4.90 Å². The van der Waals surface area contributed by atoms with Crippen molar-refractivity contribution < 1.29 is 30.8 Å². The van der Waals surface area contributed by atoms with Gasteiger partial charge in [0.2, 0.25) is 15.9 Å². The third kappa shape index (κ3) is 4.40. The molecule has 1 heterocycles. The molecule has 0 aromatic heterocycles. The van der Waals surface area contributed by atoms with E-state index in [-0.39, 0.29) is 18.5 Å². The van der Waals surface area contributed by atoms with Crippen LogP contribution in [0.3, 0.4) is 0 Å². The third-order valence-corrected chi connectivity index (χ3v) is 5.39. The molecule has 2 rings (SSSR count). The molecule has 0 saturated carbocycles. The van der Waals surface area contributed by atoms with Crippen LogP contribution in [0.5, 0.6) is 0 Å². The normalized spacial score (nSPS) is 15.2. The largest absolute Gasteiger partial charge is 0.339 e. The van der Waals surface area contributed by atoms with Crippen molar-refractivity contribution in [2.24, 2.45) is 0 Å².